The average Bonchev–Trinajstić information content (AvgIpc) is 2.62. The molecule has 0 aromatic carbocycles. The van der Waals surface area contributed by atoms with Crippen LogP contribution in [0.4, 0.5) is 0 Å². The van der Waals surface area contributed by atoms with E-state index in [1.165, 1.54) is 10.8 Å². The molecule has 3 heterocycles. The summed E-state index contributed by atoms with van der Waals surface area (Å²) in [4.78, 5) is 10.4. The van der Waals surface area contributed by atoms with E-state index in [9.17, 15) is 0 Å². The second-order valence-corrected chi connectivity index (χ2v) is 2.81. The third-order valence-electron chi connectivity index (χ3n) is 2.12. The van der Waals surface area contributed by atoms with Gasteiger partial charge in [-0.05, 0) is 12.1 Å². The first-order valence-electron chi connectivity index (χ1n) is 3.84. The maximum Gasteiger partial charge on any atom is 0.115 e. The molecule has 58 valence electrons. The second kappa shape index (κ2) is 1.88. The molecule has 3 aromatic rings. The molecule has 0 radical (unpaired) electrons. The molecular weight excluding hydrogens is 150 g/mol. The predicted molar refractivity (Wildman–Crippen MR) is 48.0 cm³/mol. The van der Waals surface area contributed by atoms with E-state index < -0.39 is 0 Å². The molecular formula is C9H7N3. The van der Waals surface area contributed by atoms with E-state index in [1.807, 2.05) is 24.7 Å². The summed E-state index contributed by atoms with van der Waals surface area (Å²) in [5.74, 6) is 0. The van der Waals surface area contributed by atoms with Crippen LogP contribution >= 0.6 is 0 Å². The van der Waals surface area contributed by atoms with Crippen LogP contribution in [0.3, 0.4) is 0 Å². The second-order valence-electron chi connectivity index (χ2n) is 2.81. The minimum absolute atomic E-state index is 1.07. The fraction of sp³-hybridized carbons (Fsp3) is 0. The molecule has 0 saturated carbocycles. The summed E-state index contributed by atoms with van der Waals surface area (Å²) < 4.78 is 0. The Labute approximate surface area is 68.4 Å². The van der Waals surface area contributed by atoms with Crippen molar-refractivity contribution < 1.29 is 0 Å². The lowest BCUT2D eigenvalue weighted by Crippen LogP contribution is -1.70. The molecule has 2 N–H and O–H groups in total. The molecule has 3 rings (SSSR count). The quantitative estimate of drug-likeness (QED) is 0.515. The minimum Gasteiger partial charge on any atom is -0.348 e. The van der Waals surface area contributed by atoms with Crippen LogP contribution in [0.5, 0.6) is 0 Å². The van der Waals surface area contributed by atoms with Crippen molar-refractivity contribution in [1.82, 2.24) is 15.0 Å². The van der Waals surface area contributed by atoms with Gasteiger partial charge in [-0.15, -0.1) is 0 Å². The van der Waals surface area contributed by atoms with Gasteiger partial charge in [-0.2, -0.15) is 0 Å². The summed E-state index contributed by atoms with van der Waals surface area (Å²) in [7, 11) is 0. The zero-order valence-corrected chi connectivity index (χ0v) is 6.33. The van der Waals surface area contributed by atoms with Crippen molar-refractivity contribution >= 4 is 21.9 Å². The number of rotatable bonds is 0. The lowest BCUT2D eigenvalue weighted by Gasteiger charge is -1.84. The fourth-order valence-corrected chi connectivity index (χ4v) is 1.56. The van der Waals surface area contributed by atoms with E-state index in [0.29, 0.717) is 0 Å². The molecule has 3 heteroatoms. The Morgan fingerprint density at radius 2 is 2.17 bits per heavy atom. The third kappa shape index (κ3) is 0.580. The first-order chi connectivity index (χ1) is 5.95. The van der Waals surface area contributed by atoms with Crippen LogP contribution in [0.15, 0.2) is 30.7 Å². The van der Waals surface area contributed by atoms with Gasteiger partial charge in [-0.3, -0.25) is 4.98 Å². The highest BCUT2D eigenvalue weighted by atomic mass is 14.9. The van der Waals surface area contributed by atoms with Crippen LogP contribution in [0.25, 0.3) is 21.9 Å². The van der Waals surface area contributed by atoms with E-state index >= 15 is 0 Å². The lowest BCUT2D eigenvalue weighted by atomic mass is 10.2. The molecule has 3 nitrogen and oxygen atoms in total. The van der Waals surface area contributed by atoms with Gasteiger partial charge in [-0.25, -0.2) is 0 Å². The van der Waals surface area contributed by atoms with E-state index in [4.69, 9.17) is 0 Å². The molecule has 3 aromatic heterocycles. The van der Waals surface area contributed by atoms with E-state index in [-0.39, 0.29) is 0 Å². The van der Waals surface area contributed by atoms with Crippen LogP contribution in [-0.2, 0) is 0 Å². The number of fused-ring (bicyclic) bond motifs is 3. The lowest BCUT2D eigenvalue weighted by molar-refractivity contribution is 1.33. The van der Waals surface area contributed by atoms with Gasteiger partial charge in [0.15, 0.2) is 0 Å². The normalized spacial score (nSPS) is 11.3. The van der Waals surface area contributed by atoms with Crippen molar-refractivity contribution in [1.29, 1.82) is 0 Å². The van der Waals surface area contributed by atoms with Gasteiger partial charge in [-0.1, -0.05) is 0 Å². The van der Waals surface area contributed by atoms with E-state index in [0.717, 1.165) is 11.2 Å². The summed E-state index contributed by atoms with van der Waals surface area (Å²) in [6.07, 6.45) is 5.58. The molecule has 0 bridgehead atoms. The molecule has 0 aliphatic rings. The first-order valence-corrected chi connectivity index (χ1v) is 3.84. The number of H-pyrrole nitrogens is 2. The number of aromatic amines is 2. The average molecular weight is 157 g/mol. The predicted octanol–water partition coefficient (Wildman–Crippen LogP) is 2.04. The Kier molecular flexibility index (Phi) is 0.913. The highest BCUT2D eigenvalue weighted by Gasteiger charge is 2.02. The standard InChI is InChI=1S/C9H7N3/c1-3-10-5-8-6(1)7-2-4-11-9(7)12-8/h1-5,11-12H. The maximum absolute atomic E-state index is 4.04. The zero-order chi connectivity index (χ0) is 7.97. The monoisotopic (exact) mass is 157 g/mol. The zero-order valence-electron chi connectivity index (χ0n) is 6.33. The summed E-state index contributed by atoms with van der Waals surface area (Å²) in [6, 6.07) is 4.08. The Bertz CT molecular complexity index is 532. The Hall–Kier alpha value is -1.77. The van der Waals surface area contributed by atoms with Crippen LogP contribution in [-0.4, -0.2) is 15.0 Å². The van der Waals surface area contributed by atoms with Crippen molar-refractivity contribution in [2.24, 2.45) is 0 Å². The Morgan fingerprint density at radius 1 is 1.17 bits per heavy atom. The number of hydrogen-bond acceptors (Lipinski definition) is 1. The first kappa shape index (κ1) is 5.83. The van der Waals surface area contributed by atoms with Gasteiger partial charge >= 0.3 is 0 Å². The van der Waals surface area contributed by atoms with Crippen LogP contribution < -0.4 is 0 Å². The topological polar surface area (TPSA) is 44.5 Å². The molecule has 0 aliphatic heterocycles. The SMILES string of the molecule is c1cc2c(cn1)[nH]c1[nH]ccc12. The molecule has 0 saturated heterocycles. The molecule has 0 amide bonds. The van der Waals surface area contributed by atoms with Gasteiger partial charge in [0.05, 0.1) is 11.7 Å². The van der Waals surface area contributed by atoms with E-state index in [1.54, 1.807) is 0 Å². The highest BCUT2D eigenvalue weighted by Crippen LogP contribution is 2.22. The smallest absolute Gasteiger partial charge is 0.115 e. The van der Waals surface area contributed by atoms with Crippen molar-refractivity contribution in [3.05, 3.63) is 30.7 Å². The number of aromatic nitrogens is 3. The molecule has 0 unspecified atom stereocenters. The van der Waals surface area contributed by atoms with Gasteiger partial charge in [0.2, 0.25) is 0 Å². The van der Waals surface area contributed by atoms with Crippen molar-refractivity contribution in [3.8, 4) is 0 Å². The molecule has 0 aliphatic carbocycles. The highest BCUT2D eigenvalue weighted by molar-refractivity contribution is 6.05. The summed E-state index contributed by atoms with van der Waals surface area (Å²) in [5.41, 5.74) is 2.15. The largest absolute Gasteiger partial charge is 0.348 e. The summed E-state index contributed by atoms with van der Waals surface area (Å²) in [5, 5.41) is 2.45. The van der Waals surface area contributed by atoms with Crippen LogP contribution in [0.1, 0.15) is 0 Å². The fourth-order valence-electron chi connectivity index (χ4n) is 1.56. The number of hydrogen-bond donors (Lipinski definition) is 2. The maximum atomic E-state index is 4.04. The molecule has 0 fully saturated rings. The molecule has 12 heavy (non-hydrogen) atoms. The van der Waals surface area contributed by atoms with Crippen molar-refractivity contribution in [2.75, 3.05) is 0 Å². The van der Waals surface area contributed by atoms with Gasteiger partial charge < -0.3 is 9.97 Å². The summed E-state index contributed by atoms with van der Waals surface area (Å²) in [6.45, 7) is 0. The minimum atomic E-state index is 1.07. The van der Waals surface area contributed by atoms with Crippen LogP contribution in [0, 0.1) is 0 Å². The molecule has 0 atom stereocenters. The Balaban J connectivity index is 2.68. The van der Waals surface area contributed by atoms with E-state index in [2.05, 4.69) is 21.0 Å². The van der Waals surface area contributed by atoms with Gasteiger partial charge in [0.1, 0.15) is 5.65 Å². The van der Waals surface area contributed by atoms with Gasteiger partial charge in [0, 0.05) is 23.2 Å². The Morgan fingerprint density at radius 3 is 3.17 bits per heavy atom. The van der Waals surface area contributed by atoms with Crippen molar-refractivity contribution in [3.63, 3.8) is 0 Å². The third-order valence-corrected chi connectivity index (χ3v) is 2.12. The van der Waals surface area contributed by atoms with Crippen LogP contribution in [0.2, 0.25) is 0 Å². The number of nitrogens with one attached hydrogen (secondary N) is 2. The number of pyridine rings is 1. The van der Waals surface area contributed by atoms with Crippen molar-refractivity contribution in [2.45, 2.75) is 0 Å². The number of nitrogens with zero attached hydrogens (tertiary/aromatic N) is 1. The molecule has 0 spiro atoms. The summed E-state index contributed by atoms with van der Waals surface area (Å²) >= 11 is 0. The van der Waals surface area contributed by atoms with Gasteiger partial charge in [0.25, 0.3) is 0 Å².